The molecule has 1 unspecified atom stereocenters. The number of thiazole rings is 1. The van der Waals surface area contributed by atoms with Crippen molar-refractivity contribution in [2.24, 2.45) is 5.92 Å². The Kier molecular flexibility index (Phi) is 6.18. The van der Waals surface area contributed by atoms with Gasteiger partial charge in [-0.15, -0.1) is 0 Å². The zero-order chi connectivity index (χ0) is 29.7. The molecule has 13 heteroatoms. The van der Waals surface area contributed by atoms with Gasteiger partial charge in [0.25, 0.3) is 0 Å². The number of alkyl halides is 1. The molecule has 5 atom stereocenters. The predicted molar refractivity (Wildman–Crippen MR) is 167 cm³/mol. The van der Waals surface area contributed by atoms with Crippen LogP contribution in [-0.4, -0.2) is 83.0 Å². The number of hydrogen-bond donors (Lipinski definition) is 2. The minimum Gasteiger partial charge on any atom is -0.489 e. The Morgan fingerprint density at radius 2 is 2.11 bits per heavy atom. The van der Waals surface area contributed by atoms with Crippen LogP contribution in [-0.2, 0) is 0 Å². The fourth-order valence-corrected chi connectivity index (χ4v) is 9.60. The van der Waals surface area contributed by atoms with Gasteiger partial charge < -0.3 is 25.4 Å². The summed E-state index contributed by atoms with van der Waals surface area (Å²) in [6.45, 7) is 2.73. The van der Waals surface area contributed by atoms with E-state index in [9.17, 15) is 4.39 Å². The Balaban J connectivity index is 1.22. The lowest BCUT2D eigenvalue weighted by Crippen LogP contribution is -2.60. The zero-order valence-corrected chi connectivity index (χ0v) is 25.6. The monoisotopic (exact) mass is 639 g/mol. The third kappa shape index (κ3) is 3.96. The van der Waals surface area contributed by atoms with E-state index < -0.39 is 5.82 Å². The summed E-state index contributed by atoms with van der Waals surface area (Å²) < 4.78 is 44.4. The molecule has 3 N–H and O–H groups in total. The molecule has 0 aliphatic carbocycles. The number of hydrogen-bond acceptors (Lipinski definition) is 10. The van der Waals surface area contributed by atoms with Gasteiger partial charge >= 0.3 is 6.01 Å². The number of para-hydroxylation sites is 1. The highest BCUT2D eigenvalue weighted by atomic mass is 35.5. The van der Waals surface area contributed by atoms with Gasteiger partial charge in [0.2, 0.25) is 0 Å². The predicted octanol–water partition coefficient (Wildman–Crippen LogP) is 5.19. The van der Waals surface area contributed by atoms with Gasteiger partial charge in [0.1, 0.15) is 24.5 Å². The number of aromatic nitrogens is 3. The number of piperazine rings is 1. The number of nitrogens with one attached hydrogen (secondary N) is 1. The molecule has 2 aromatic carbocycles. The first-order valence-corrected chi connectivity index (χ1v) is 16.6. The van der Waals surface area contributed by atoms with Gasteiger partial charge in [-0.2, -0.15) is 9.97 Å². The summed E-state index contributed by atoms with van der Waals surface area (Å²) >= 11 is 8.42. The largest absolute Gasteiger partial charge is 0.489 e. The molecule has 5 aliphatic rings. The van der Waals surface area contributed by atoms with E-state index in [-0.39, 0.29) is 52.3 Å². The molecule has 2 aromatic heterocycles. The van der Waals surface area contributed by atoms with E-state index >= 15 is 4.39 Å². The summed E-state index contributed by atoms with van der Waals surface area (Å²) in [5.74, 6) is 0.369. The molecule has 7 heterocycles. The van der Waals surface area contributed by atoms with Crippen LogP contribution in [0.3, 0.4) is 0 Å². The van der Waals surface area contributed by atoms with E-state index in [0.29, 0.717) is 59.0 Å². The fraction of sp³-hybridized carbons (Fsp3) is 0.516. The lowest BCUT2D eigenvalue weighted by molar-refractivity contribution is 0.107. The van der Waals surface area contributed by atoms with Crippen molar-refractivity contribution in [2.45, 2.75) is 55.8 Å². The first-order valence-electron chi connectivity index (χ1n) is 15.4. The van der Waals surface area contributed by atoms with Crippen molar-refractivity contribution in [3.05, 3.63) is 29.0 Å². The maximum Gasteiger partial charge on any atom is 0.319 e. The molecule has 4 fully saturated rings. The highest BCUT2D eigenvalue weighted by Gasteiger charge is 2.49. The smallest absolute Gasteiger partial charge is 0.319 e. The van der Waals surface area contributed by atoms with E-state index in [1.54, 1.807) is 6.07 Å². The minimum atomic E-state index is -0.583. The van der Waals surface area contributed by atoms with Gasteiger partial charge in [0.15, 0.2) is 16.7 Å². The van der Waals surface area contributed by atoms with Crippen LogP contribution < -0.4 is 25.4 Å². The lowest BCUT2D eigenvalue weighted by Gasteiger charge is -2.40. The molecule has 4 aromatic rings. The number of nitrogens with two attached hydrogens (primary N) is 1. The molecule has 0 saturated carbocycles. The minimum absolute atomic E-state index is 0.00230. The van der Waals surface area contributed by atoms with E-state index in [0.717, 1.165) is 49.9 Å². The van der Waals surface area contributed by atoms with E-state index in [4.69, 9.17) is 36.8 Å². The molecule has 2 bridgehead atoms. The van der Waals surface area contributed by atoms with Crippen molar-refractivity contribution >= 4 is 55.0 Å². The quantitative estimate of drug-likeness (QED) is 0.306. The molecule has 230 valence electrons. The molecule has 0 amide bonds. The number of anilines is 2. The van der Waals surface area contributed by atoms with Crippen molar-refractivity contribution in [3.8, 4) is 22.9 Å². The second-order valence-corrected chi connectivity index (χ2v) is 14.4. The topological polar surface area (TPSA) is 102 Å². The molecule has 9 nitrogen and oxygen atoms in total. The van der Waals surface area contributed by atoms with Crippen molar-refractivity contribution < 1.29 is 18.3 Å². The first kappa shape index (κ1) is 27.3. The summed E-state index contributed by atoms with van der Waals surface area (Å²) in [7, 11) is 0. The molecule has 0 spiro atoms. The maximum atomic E-state index is 17.0. The van der Waals surface area contributed by atoms with E-state index in [2.05, 4.69) is 20.1 Å². The van der Waals surface area contributed by atoms with Crippen LogP contribution in [0.1, 0.15) is 32.1 Å². The summed E-state index contributed by atoms with van der Waals surface area (Å²) in [6.07, 6.45) is 4.80. The molecule has 5 aliphatic heterocycles. The van der Waals surface area contributed by atoms with Crippen LogP contribution in [0, 0.1) is 11.7 Å². The van der Waals surface area contributed by atoms with Gasteiger partial charge in [-0.1, -0.05) is 35.1 Å². The molecule has 4 saturated heterocycles. The second kappa shape index (κ2) is 9.97. The maximum absolute atomic E-state index is 17.0. The van der Waals surface area contributed by atoms with Gasteiger partial charge in [-0.05, 0) is 44.7 Å². The van der Waals surface area contributed by atoms with Crippen molar-refractivity contribution in [3.63, 3.8) is 0 Å². The van der Waals surface area contributed by atoms with Gasteiger partial charge in [0, 0.05) is 42.2 Å². The Morgan fingerprint density at radius 3 is 3.00 bits per heavy atom. The van der Waals surface area contributed by atoms with Crippen LogP contribution in [0.5, 0.6) is 11.8 Å². The standard InChI is InChI=1S/C31H32ClF2N7O2S/c32-23-21(17-3-1-4-20-25(17)37-29(35)44-20)24(34)26-22-27(23)42-13-19-18-6-5-16(36-18)12-41(19)28(22)39-30(38-26)43-14-31-7-2-8-40(31)11-15(9-31)10-33/h1,3-4,15-16,18-19,36H,2,5-14H2,(H2,35,37)/t15?,16-,18+,19-,31+/m1/s1. The summed E-state index contributed by atoms with van der Waals surface area (Å²) in [5.41, 5.74) is 7.16. The Hall–Kier alpha value is -3.06. The van der Waals surface area contributed by atoms with Crippen molar-refractivity contribution in [2.75, 3.05) is 50.2 Å². The van der Waals surface area contributed by atoms with Crippen molar-refractivity contribution in [1.29, 1.82) is 0 Å². The number of nitrogens with zero attached hydrogens (tertiary/aromatic N) is 5. The molecule has 44 heavy (non-hydrogen) atoms. The zero-order valence-electron chi connectivity index (χ0n) is 24.0. The number of halogens is 3. The number of rotatable bonds is 5. The Morgan fingerprint density at radius 1 is 1.20 bits per heavy atom. The van der Waals surface area contributed by atoms with E-state index in [1.165, 1.54) is 11.3 Å². The Bertz CT molecular complexity index is 1830. The summed E-state index contributed by atoms with van der Waals surface area (Å²) in [4.78, 5) is 18.8. The average molecular weight is 640 g/mol. The summed E-state index contributed by atoms with van der Waals surface area (Å²) in [6, 6.07) is 6.16. The molecular weight excluding hydrogens is 608 g/mol. The normalized spacial score (nSPS) is 29.2. The number of ether oxygens (including phenoxy) is 2. The number of nitrogen functional groups attached to an aromatic ring is 1. The van der Waals surface area contributed by atoms with Crippen molar-refractivity contribution in [1.82, 2.24) is 25.2 Å². The molecular formula is C31H32ClF2N7O2S. The third-order valence-corrected chi connectivity index (χ3v) is 11.7. The molecule has 9 rings (SSSR count). The Labute approximate surface area is 261 Å². The number of benzene rings is 2. The third-order valence-electron chi connectivity index (χ3n) is 10.5. The number of fused-ring (bicyclic) bond motifs is 7. The highest BCUT2D eigenvalue weighted by molar-refractivity contribution is 7.22. The molecule has 0 radical (unpaired) electrons. The average Bonchev–Trinajstić information content (AvgIpc) is 3.76. The van der Waals surface area contributed by atoms with Gasteiger partial charge in [-0.25, -0.2) is 9.37 Å². The fourth-order valence-electron chi connectivity index (χ4n) is 8.50. The summed E-state index contributed by atoms with van der Waals surface area (Å²) in [5, 5.41) is 4.72. The second-order valence-electron chi connectivity index (χ2n) is 13.0. The highest BCUT2D eigenvalue weighted by Crippen LogP contribution is 2.50. The van der Waals surface area contributed by atoms with Crippen LogP contribution >= 0.6 is 22.9 Å². The van der Waals surface area contributed by atoms with Gasteiger partial charge in [-0.3, -0.25) is 9.29 Å². The lowest BCUT2D eigenvalue weighted by atomic mass is 9.91. The van der Waals surface area contributed by atoms with E-state index in [1.807, 2.05) is 12.1 Å². The van der Waals surface area contributed by atoms with Crippen LogP contribution in [0.25, 0.3) is 32.2 Å². The van der Waals surface area contributed by atoms with Gasteiger partial charge in [0.05, 0.1) is 38.9 Å². The van der Waals surface area contributed by atoms with Crippen LogP contribution in [0.2, 0.25) is 5.02 Å². The van der Waals surface area contributed by atoms with Crippen LogP contribution in [0.4, 0.5) is 19.7 Å². The SMILES string of the molecule is Nc1nc2c(-c3c(Cl)c4c5c(nc(OC[C@@]67CCCN6CC(CF)C7)nc5c3F)N3C[C@H]5CC[C@H](N5)[C@H]3CO4)cccc2s1. The first-order chi connectivity index (χ1) is 21.4. The van der Waals surface area contributed by atoms with Crippen LogP contribution in [0.15, 0.2) is 18.2 Å².